The van der Waals surface area contributed by atoms with E-state index in [1.54, 1.807) is 26.0 Å². The van der Waals surface area contributed by atoms with Crippen LogP contribution >= 0.6 is 57.7 Å². The van der Waals surface area contributed by atoms with Crippen LogP contribution in [0.5, 0.6) is 0 Å². The molecule has 0 atom stereocenters. The van der Waals surface area contributed by atoms with Crippen molar-refractivity contribution in [1.82, 2.24) is 4.98 Å². The van der Waals surface area contributed by atoms with Crippen molar-refractivity contribution in [3.8, 4) is 0 Å². The molecule has 0 fully saturated rings. The zero-order valence-corrected chi connectivity index (χ0v) is 16.7. The van der Waals surface area contributed by atoms with Crippen LogP contribution < -0.4 is 4.72 Å². The topological polar surface area (TPSA) is 59.1 Å². The van der Waals surface area contributed by atoms with Gasteiger partial charge >= 0.3 is 0 Å². The number of halogens is 4. The van der Waals surface area contributed by atoms with Crippen molar-refractivity contribution >= 4 is 72.9 Å². The Hall–Kier alpha value is -0.240. The maximum Gasteiger partial charge on any atom is 0.263 e. The smallest absolute Gasteiger partial charge is 0.255 e. The van der Waals surface area contributed by atoms with E-state index >= 15 is 0 Å². The number of thiazole rings is 1. The monoisotopic (exact) mass is 432 g/mol. The van der Waals surface area contributed by atoms with Gasteiger partial charge in [0.15, 0.2) is 8.92 Å². The van der Waals surface area contributed by atoms with Crippen LogP contribution in [-0.2, 0) is 16.4 Å². The third-order valence-electron chi connectivity index (χ3n) is 2.98. The second-order valence-electron chi connectivity index (χ2n) is 4.79. The molecular formula is C13H12Cl4N2O2S2. The Morgan fingerprint density at radius 2 is 1.91 bits per heavy atom. The normalized spacial score (nSPS) is 12.4. The van der Waals surface area contributed by atoms with E-state index in [1.165, 1.54) is 6.07 Å². The Bertz CT molecular complexity index is 829. The highest BCUT2D eigenvalue weighted by Gasteiger charge is 2.25. The van der Waals surface area contributed by atoms with Crippen molar-refractivity contribution in [2.75, 3.05) is 4.72 Å². The van der Waals surface area contributed by atoms with E-state index in [9.17, 15) is 8.42 Å². The van der Waals surface area contributed by atoms with Crippen LogP contribution in [0.25, 0.3) is 0 Å². The molecule has 0 spiro atoms. The number of nitrogens with one attached hydrogen (secondary N) is 1. The minimum absolute atomic E-state index is 0.0979. The zero-order chi connectivity index (χ0) is 17.4. The number of hydrogen-bond acceptors (Lipinski definition) is 4. The SMILES string of the molecule is Cc1nc(NS(=O)(=O)c2cccc(Cl)c2C)sc1CC(Cl)(Cl)Cl. The van der Waals surface area contributed by atoms with E-state index < -0.39 is 13.8 Å². The predicted molar refractivity (Wildman–Crippen MR) is 97.8 cm³/mol. The molecule has 0 aliphatic heterocycles. The summed E-state index contributed by atoms with van der Waals surface area (Å²) in [5.41, 5.74) is 1.08. The number of hydrogen-bond donors (Lipinski definition) is 1. The fourth-order valence-electron chi connectivity index (χ4n) is 1.87. The number of anilines is 1. The Morgan fingerprint density at radius 3 is 2.52 bits per heavy atom. The van der Waals surface area contributed by atoms with Crippen LogP contribution in [0.2, 0.25) is 5.02 Å². The summed E-state index contributed by atoms with van der Waals surface area (Å²) in [4.78, 5) is 4.97. The molecule has 0 unspecified atom stereocenters. The third-order valence-corrected chi connectivity index (χ3v) is 6.48. The molecule has 0 saturated carbocycles. The number of nitrogens with zero attached hydrogens (tertiary/aromatic N) is 1. The van der Waals surface area contributed by atoms with E-state index in [4.69, 9.17) is 46.4 Å². The van der Waals surface area contributed by atoms with E-state index in [-0.39, 0.29) is 16.4 Å². The summed E-state index contributed by atoms with van der Waals surface area (Å²) in [5, 5.41) is 0.589. The predicted octanol–water partition coefficient (Wildman–Crippen LogP) is 5.13. The first kappa shape index (κ1) is 19.1. The molecule has 0 radical (unpaired) electrons. The fraction of sp³-hybridized carbons (Fsp3) is 0.308. The summed E-state index contributed by atoms with van der Waals surface area (Å²) in [6.07, 6.45) is 0.152. The second-order valence-corrected chi connectivity index (χ2v) is 10.4. The maximum absolute atomic E-state index is 12.5. The average molecular weight is 434 g/mol. The summed E-state index contributed by atoms with van der Waals surface area (Å²) in [6.45, 7) is 3.36. The maximum atomic E-state index is 12.5. The minimum Gasteiger partial charge on any atom is -0.255 e. The van der Waals surface area contributed by atoms with Gasteiger partial charge in [-0.15, -0.1) is 11.3 Å². The van der Waals surface area contributed by atoms with Crippen molar-refractivity contribution in [3.63, 3.8) is 0 Å². The highest BCUT2D eigenvalue weighted by Crippen LogP contribution is 2.35. The number of rotatable bonds is 4. The highest BCUT2D eigenvalue weighted by atomic mass is 35.6. The van der Waals surface area contributed by atoms with Gasteiger partial charge in [0.1, 0.15) is 0 Å². The van der Waals surface area contributed by atoms with E-state index in [2.05, 4.69) is 9.71 Å². The van der Waals surface area contributed by atoms with Gasteiger partial charge in [-0.25, -0.2) is 13.4 Å². The number of aromatic nitrogens is 1. The summed E-state index contributed by atoms with van der Waals surface area (Å²) in [7, 11) is -3.80. The molecule has 1 aromatic carbocycles. The van der Waals surface area contributed by atoms with Crippen molar-refractivity contribution in [2.45, 2.75) is 29.0 Å². The standard InChI is InChI=1S/C13H12Cl4N2O2S2/c1-7-9(14)4-3-5-11(7)23(20,21)19-12-18-8(2)10(22-12)6-13(15,16)17/h3-5H,6H2,1-2H3,(H,18,19). The summed E-state index contributed by atoms with van der Waals surface area (Å²) in [6, 6.07) is 4.68. The van der Waals surface area contributed by atoms with Crippen LogP contribution in [-0.4, -0.2) is 17.2 Å². The van der Waals surface area contributed by atoms with E-state index in [1.807, 2.05) is 0 Å². The quantitative estimate of drug-likeness (QED) is 0.680. The van der Waals surface area contributed by atoms with Gasteiger partial charge in [0.2, 0.25) is 0 Å². The molecule has 0 saturated heterocycles. The lowest BCUT2D eigenvalue weighted by Gasteiger charge is -2.09. The fourth-order valence-corrected chi connectivity index (χ4v) is 5.29. The van der Waals surface area contributed by atoms with Crippen LogP contribution in [0.4, 0.5) is 5.13 Å². The first-order valence-electron chi connectivity index (χ1n) is 6.30. The Morgan fingerprint density at radius 1 is 1.26 bits per heavy atom. The Balaban J connectivity index is 2.31. The van der Waals surface area contributed by atoms with Gasteiger partial charge in [0.25, 0.3) is 10.0 Å². The molecule has 1 aromatic heterocycles. The van der Waals surface area contributed by atoms with Crippen molar-refractivity contribution in [1.29, 1.82) is 0 Å². The van der Waals surface area contributed by atoms with Crippen molar-refractivity contribution in [3.05, 3.63) is 39.4 Å². The van der Waals surface area contributed by atoms with Crippen LogP contribution in [0.3, 0.4) is 0 Å². The molecule has 0 aliphatic carbocycles. The van der Waals surface area contributed by atoms with Gasteiger partial charge in [-0.1, -0.05) is 52.5 Å². The summed E-state index contributed by atoms with van der Waals surface area (Å²) >= 11 is 24.4. The molecule has 4 nitrogen and oxygen atoms in total. The van der Waals surface area contributed by atoms with Gasteiger partial charge in [-0.3, -0.25) is 4.72 Å². The highest BCUT2D eigenvalue weighted by molar-refractivity contribution is 7.93. The molecule has 0 bridgehead atoms. The van der Waals surface area contributed by atoms with Gasteiger partial charge in [0.05, 0.1) is 10.6 Å². The average Bonchev–Trinajstić information content (AvgIpc) is 2.69. The Labute approximate surface area is 158 Å². The van der Waals surface area contributed by atoms with E-state index in [0.717, 1.165) is 11.3 Å². The van der Waals surface area contributed by atoms with Gasteiger partial charge in [-0.05, 0) is 31.5 Å². The lowest BCUT2D eigenvalue weighted by molar-refractivity contribution is 0.600. The second kappa shape index (κ2) is 6.94. The van der Waals surface area contributed by atoms with Crippen molar-refractivity contribution < 1.29 is 8.42 Å². The molecule has 0 amide bonds. The number of aryl methyl sites for hydroxylation is 1. The molecular weight excluding hydrogens is 422 g/mol. The molecule has 2 aromatic rings. The van der Waals surface area contributed by atoms with Crippen molar-refractivity contribution in [2.24, 2.45) is 0 Å². The van der Waals surface area contributed by atoms with Crippen LogP contribution in [0, 0.1) is 13.8 Å². The molecule has 10 heteroatoms. The number of alkyl halides is 3. The minimum atomic E-state index is -3.80. The van der Waals surface area contributed by atoms with Gasteiger partial charge in [-0.2, -0.15) is 0 Å². The molecule has 23 heavy (non-hydrogen) atoms. The molecule has 2 rings (SSSR count). The Kier molecular flexibility index (Phi) is 5.76. The van der Waals surface area contributed by atoms with E-state index in [0.29, 0.717) is 21.2 Å². The first-order chi connectivity index (χ1) is 10.5. The molecule has 0 aliphatic rings. The third kappa shape index (κ3) is 4.87. The lowest BCUT2D eigenvalue weighted by Crippen LogP contribution is -2.14. The lowest BCUT2D eigenvalue weighted by atomic mass is 10.2. The van der Waals surface area contributed by atoms with Gasteiger partial charge < -0.3 is 0 Å². The molecule has 1 N–H and O–H groups in total. The first-order valence-corrected chi connectivity index (χ1v) is 10.1. The zero-order valence-electron chi connectivity index (χ0n) is 12.0. The number of benzene rings is 1. The van der Waals surface area contributed by atoms with Crippen LogP contribution in [0.1, 0.15) is 16.1 Å². The summed E-state index contributed by atoms with van der Waals surface area (Å²) < 4.78 is 26.0. The molecule has 126 valence electrons. The molecule has 1 heterocycles. The largest absolute Gasteiger partial charge is 0.263 e. The van der Waals surface area contributed by atoms with Crippen LogP contribution in [0.15, 0.2) is 23.1 Å². The summed E-state index contributed by atoms with van der Waals surface area (Å²) in [5.74, 6) is 0. The number of sulfonamides is 1. The van der Waals surface area contributed by atoms with Gasteiger partial charge in [0, 0.05) is 16.3 Å².